The Kier molecular flexibility index (Phi) is 6.65. The van der Waals surface area contributed by atoms with Crippen LogP contribution in [0.4, 0.5) is 0 Å². The van der Waals surface area contributed by atoms with Gasteiger partial charge >= 0.3 is 0 Å². The number of aliphatic hydroxyl groups excluding tert-OH is 1. The molecule has 1 heterocycles. The predicted octanol–water partition coefficient (Wildman–Crippen LogP) is 1.51. The van der Waals surface area contributed by atoms with Crippen molar-refractivity contribution in [2.45, 2.75) is 64.5 Å². The molecule has 18 heavy (non-hydrogen) atoms. The zero-order valence-corrected chi connectivity index (χ0v) is 11.8. The predicted molar refractivity (Wildman–Crippen MR) is 73.1 cm³/mol. The summed E-state index contributed by atoms with van der Waals surface area (Å²) in [6, 6.07) is -0.354. The number of likely N-dealkylation sites (tertiary alicyclic amines) is 1. The van der Waals surface area contributed by atoms with Gasteiger partial charge in [-0.25, -0.2) is 0 Å². The molecule has 1 rings (SSSR count). The molecule has 0 radical (unpaired) electrons. The second kappa shape index (κ2) is 7.74. The van der Waals surface area contributed by atoms with Gasteiger partial charge in [0.2, 0.25) is 5.91 Å². The van der Waals surface area contributed by atoms with Gasteiger partial charge in [0.25, 0.3) is 0 Å². The lowest BCUT2D eigenvalue weighted by atomic mass is 10.0. The highest BCUT2D eigenvalue weighted by molar-refractivity contribution is 5.81. The van der Waals surface area contributed by atoms with E-state index < -0.39 is 0 Å². The van der Waals surface area contributed by atoms with E-state index in [1.807, 2.05) is 0 Å². The van der Waals surface area contributed by atoms with Gasteiger partial charge in [0, 0.05) is 13.1 Å². The quantitative estimate of drug-likeness (QED) is 0.708. The molecular formula is C14H28N2O2. The van der Waals surface area contributed by atoms with E-state index in [4.69, 9.17) is 5.73 Å². The molecule has 0 saturated carbocycles. The van der Waals surface area contributed by atoms with Gasteiger partial charge in [-0.15, -0.1) is 0 Å². The molecule has 0 aromatic rings. The lowest BCUT2D eigenvalue weighted by Gasteiger charge is -2.31. The van der Waals surface area contributed by atoms with E-state index in [-0.39, 0.29) is 18.1 Å². The molecule has 0 aromatic heterocycles. The highest BCUT2D eigenvalue weighted by Gasteiger charge is 2.24. The summed E-state index contributed by atoms with van der Waals surface area (Å²) in [4.78, 5) is 13.9. The van der Waals surface area contributed by atoms with Gasteiger partial charge < -0.3 is 15.7 Å². The summed E-state index contributed by atoms with van der Waals surface area (Å²) in [5, 5.41) is 9.40. The number of aliphatic hydroxyl groups is 1. The number of carbonyl (C=O) groups excluding carboxylic acids is 1. The molecule has 1 aliphatic rings. The summed E-state index contributed by atoms with van der Waals surface area (Å²) in [5.41, 5.74) is 5.95. The van der Waals surface area contributed by atoms with Gasteiger partial charge in [0.15, 0.2) is 0 Å². The van der Waals surface area contributed by atoms with E-state index in [1.165, 1.54) is 6.42 Å². The maximum atomic E-state index is 12.1. The number of hydrogen-bond acceptors (Lipinski definition) is 3. The molecule has 1 unspecified atom stereocenters. The minimum Gasteiger partial charge on any atom is -0.393 e. The Morgan fingerprint density at radius 3 is 2.39 bits per heavy atom. The van der Waals surface area contributed by atoms with Crippen molar-refractivity contribution >= 4 is 5.91 Å². The molecule has 0 aromatic carbocycles. The summed E-state index contributed by atoms with van der Waals surface area (Å²) < 4.78 is 0. The number of piperidine rings is 1. The monoisotopic (exact) mass is 256 g/mol. The Balaban J connectivity index is 2.20. The van der Waals surface area contributed by atoms with Gasteiger partial charge in [0.1, 0.15) is 0 Å². The van der Waals surface area contributed by atoms with Crippen LogP contribution < -0.4 is 5.73 Å². The first-order chi connectivity index (χ1) is 8.50. The lowest BCUT2D eigenvalue weighted by molar-refractivity contribution is -0.134. The molecule has 1 atom stereocenters. The van der Waals surface area contributed by atoms with Crippen LogP contribution in [0, 0.1) is 5.92 Å². The Morgan fingerprint density at radius 2 is 1.83 bits per heavy atom. The molecule has 1 saturated heterocycles. The largest absolute Gasteiger partial charge is 0.393 e. The first kappa shape index (κ1) is 15.4. The zero-order valence-electron chi connectivity index (χ0n) is 11.8. The van der Waals surface area contributed by atoms with Gasteiger partial charge in [-0.1, -0.05) is 33.1 Å². The fourth-order valence-corrected chi connectivity index (χ4v) is 2.36. The number of nitrogens with zero attached hydrogens (tertiary/aromatic N) is 1. The summed E-state index contributed by atoms with van der Waals surface area (Å²) in [6.45, 7) is 5.73. The maximum absolute atomic E-state index is 12.1. The van der Waals surface area contributed by atoms with Crippen LogP contribution in [-0.2, 0) is 4.79 Å². The highest BCUT2D eigenvalue weighted by Crippen LogP contribution is 2.13. The van der Waals surface area contributed by atoms with Crippen LogP contribution in [0.15, 0.2) is 0 Å². The molecule has 1 fully saturated rings. The third-order valence-electron chi connectivity index (χ3n) is 3.64. The minimum atomic E-state index is -0.354. The fourth-order valence-electron chi connectivity index (χ4n) is 2.36. The third-order valence-corrected chi connectivity index (χ3v) is 3.64. The lowest BCUT2D eigenvalue weighted by Crippen LogP contribution is -2.47. The van der Waals surface area contributed by atoms with Crippen LogP contribution in [-0.4, -0.2) is 41.1 Å². The van der Waals surface area contributed by atoms with Crippen molar-refractivity contribution in [2.24, 2.45) is 11.7 Å². The normalized spacial score (nSPS) is 19.3. The van der Waals surface area contributed by atoms with Gasteiger partial charge in [0.05, 0.1) is 12.1 Å². The van der Waals surface area contributed by atoms with Crippen molar-refractivity contribution in [1.82, 2.24) is 4.90 Å². The Bertz CT molecular complexity index is 248. The molecule has 4 heteroatoms. The van der Waals surface area contributed by atoms with Gasteiger partial charge in [-0.3, -0.25) is 4.79 Å². The zero-order chi connectivity index (χ0) is 13.5. The highest BCUT2D eigenvalue weighted by atomic mass is 16.3. The number of hydrogen-bond donors (Lipinski definition) is 2. The third kappa shape index (κ3) is 5.36. The van der Waals surface area contributed by atoms with E-state index in [1.54, 1.807) is 4.90 Å². The summed E-state index contributed by atoms with van der Waals surface area (Å²) in [7, 11) is 0. The number of amides is 1. The molecule has 1 aliphatic heterocycles. The summed E-state index contributed by atoms with van der Waals surface area (Å²) in [6.07, 6.45) is 5.30. The van der Waals surface area contributed by atoms with E-state index >= 15 is 0 Å². The topological polar surface area (TPSA) is 66.6 Å². The van der Waals surface area contributed by atoms with Crippen molar-refractivity contribution in [3.63, 3.8) is 0 Å². The fraction of sp³-hybridized carbons (Fsp3) is 0.929. The van der Waals surface area contributed by atoms with Crippen LogP contribution in [0.2, 0.25) is 0 Å². The Labute approximate surface area is 111 Å². The standard InChI is InChI=1S/C14H28N2O2/c1-11(2)5-3-4-6-13(15)14(18)16-9-7-12(17)8-10-16/h11-13,17H,3-10,15H2,1-2H3. The van der Waals surface area contributed by atoms with Crippen molar-refractivity contribution < 1.29 is 9.90 Å². The first-order valence-electron chi connectivity index (χ1n) is 7.23. The van der Waals surface area contributed by atoms with E-state index in [9.17, 15) is 9.90 Å². The molecule has 4 nitrogen and oxygen atoms in total. The molecule has 106 valence electrons. The number of rotatable bonds is 6. The molecular weight excluding hydrogens is 228 g/mol. The summed E-state index contributed by atoms with van der Waals surface area (Å²) >= 11 is 0. The Morgan fingerprint density at radius 1 is 1.28 bits per heavy atom. The van der Waals surface area contributed by atoms with E-state index in [2.05, 4.69) is 13.8 Å². The second-order valence-electron chi connectivity index (χ2n) is 5.84. The molecule has 3 N–H and O–H groups in total. The van der Waals surface area contributed by atoms with E-state index in [0.717, 1.165) is 25.2 Å². The SMILES string of the molecule is CC(C)CCCCC(N)C(=O)N1CCC(O)CC1. The number of carbonyl (C=O) groups is 1. The van der Waals surface area contributed by atoms with Crippen LogP contribution in [0.3, 0.4) is 0 Å². The Hall–Kier alpha value is -0.610. The smallest absolute Gasteiger partial charge is 0.239 e. The van der Waals surface area contributed by atoms with Crippen LogP contribution in [0.5, 0.6) is 0 Å². The summed E-state index contributed by atoms with van der Waals surface area (Å²) in [5.74, 6) is 0.784. The average Bonchev–Trinajstić information content (AvgIpc) is 2.34. The first-order valence-corrected chi connectivity index (χ1v) is 7.23. The van der Waals surface area contributed by atoms with Crippen molar-refractivity contribution in [3.8, 4) is 0 Å². The second-order valence-corrected chi connectivity index (χ2v) is 5.84. The van der Waals surface area contributed by atoms with Gasteiger partial charge in [-0.2, -0.15) is 0 Å². The maximum Gasteiger partial charge on any atom is 0.239 e. The number of unbranched alkanes of at least 4 members (excludes halogenated alkanes) is 1. The van der Waals surface area contributed by atoms with Crippen LogP contribution in [0.25, 0.3) is 0 Å². The van der Waals surface area contributed by atoms with Gasteiger partial charge in [-0.05, 0) is 25.2 Å². The van der Waals surface area contributed by atoms with Crippen LogP contribution >= 0.6 is 0 Å². The average molecular weight is 256 g/mol. The molecule has 0 spiro atoms. The van der Waals surface area contributed by atoms with Crippen molar-refractivity contribution in [3.05, 3.63) is 0 Å². The van der Waals surface area contributed by atoms with Crippen molar-refractivity contribution in [2.75, 3.05) is 13.1 Å². The molecule has 1 amide bonds. The van der Waals surface area contributed by atoms with E-state index in [0.29, 0.717) is 25.9 Å². The van der Waals surface area contributed by atoms with Crippen LogP contribution in [0.1, 0.15) is 52.4 Å². The molecule has 0 bridgehead atoms. The minimum absolute atomic E-state index is 0.0615. The van der Waals surface area contributed by atoms with Crippen molar-refractivity contribution in [1.29, 1.82) is 0 Å². The molecule has 0 aliphatic carbocycles. The number of nitrogens with two attached hydrogens (primary N) is 1.